The van der Waals surface area contributed by atoms with Gasteiger partial charge in [0.15, 0.2) is 9.84 Å². The number of benzene rings is 1. The summed E-state index contributed by atoms with van der Waals surface area (Å²) in [5.74, 6) is 1.54. The average Bonchev–Trinajstić information content (AvgIpc) is 3.19. The van der Waals surface area contributed by atoms with Gasteiger partial charge in [-0.15, -0.1) is 11.3 Å². The predicted octanol–water partition coefficient (Wildman–Crippen LogP) is 4.21. The Balaban J connectivity index is 1.32. The molecule has 1 aliphatic rings. The summed E-state index contributed by atoms with van der Waals surface area (Å²) in [4.78, 5) is 24.2. The van der Waals surface area contributed by atoms with Crippen LogP contribution in [0.4, 0.5) is 11.8 Å². The van der Waals surface area contributed by atoms with Crippen LogP contribution in [-0.4, -0.2) is 57.2 Å². The summed E-state index contributed by atoms with van der Waals surface area (Å²) in [5, 5.41) is 8.86. The highest BCUT2D eigenvalue weighted by Gasteiger charge is 2.25. The Labute approximate surface area is 208 Å². The lowest BCUT2D eigenvalue weighted by atomic mass is 9.86. The van der Waals surface area contributed by atoms with Gasteiger partial charge in [0, 0.05) is 43.7 Å². The number of rotatable bonds is 7. The Hall–Kier alpha value is -2.43. The number of hydrogen-bond acceptors (Lipinski definition) is 8. The van der Waals surface area contributed by atoms with Crippen molar-refractivity contribution in [2.75, 3.05) is 37.1 Å². The molecule has 8 nitrogen and oxygen atoms in total. The maximum absolute atomic E-state index is 12.5. The molecule has 0 spiro atoms. The van der Waals surface area contributed by atoms with Crippen molar-refractivity contribution < 1.29 is 13.2 Å². The van der Waals surface area contributed by atoms with Crippen LogP contribution in [0.5, 0.6) is 0 Å². The Morgan fingerprint density at radius 2 is 1.88 bits per heavy atom. The first kappa shape index (κ1) is 24.7. The summed E-state index contributed by atoms with van der Waals surface area (Å²) in [6.45, 7) is 0.533. The number of carbonyl (C=O) groups excluding carboxylic acids is 1. The van der Waals surface area contributed by atoms with E-state index in [-0.39, 0.29) is 26.7 Å². The van der Waals surface area contributed by atoms with Crippen LogP contribution < -0.4 is 15.5 Å². The van der Waals surface area contributed by atoms with E-state index < -0.39 is 9.84 Å². The lowest BCUT2D eigenvalue weighted by molar-refractivity contribution is 0.0947. The summed E-state index contributed by atoms with van der Waals surface area (Å²) in [5.41, 5.74) is 0.909. The zero-order valence-corrected chi connectivity index (χ0v) is 21.7. The molecule has 1 saturated carbocycles. The van der Waals surface area contributed by atoms with E-state index in [4.69, 9.17) is 21.6 Å². The number of para-hydroxylation sites is 1. The number of nitrogens with one attached hydrogen (secondary N) is 2. The summed E-state index contributed by atoms with van der Waals surface area (Å²) in [6, 6.07) is 8.26. The van der Waals surface area contributed by atoms with Crippen LogP contribution in [0, 0.1) is 5.92 Å². The fourth-order valence-corrected chi connectivity index (χ4v) is 7.04. The summed E-state index contributed by atoms with van der Waals surface area (Å²) >= 11 is 7.19. The normalized spacial score (nSPS) is 18.6. The molecule has 1 fully saturated rings. The van der Waals surface area contributed by atoms with Crippen molar-refractivity contribution >= 4 is 61.4 Å². The van der Waals surface area contributed by atoms with Gasteiger partial charge in [0.05, 0.1) is 15.4 Å². The number of carbonyl (C=O) groups is 1. The topological polar surface area (TPSA) is 104 Å². The molecule has 182 valence electrons. The van der Waals surface area contributed by atoms with E-state index in [1.54, 1.807) is 0 Å². The molecule has 0 unspecified atom stereocenters. The van der Waals surface area contributed by atoms with Crippen molar-refractivity contribution in [2.45, 2.75) is 36.6 Å². The molecule has 1 aliphatic carbocycles. The summed E-state index contributed by atoms with van der Waals surface area (Å²) < 4.78 is 23.5. The van der Waals surface area contributed by atoms with Gasteiger partial charge in [0.25, 0.3) is 5.91 Å². The first-order chi connectivity index (χ1) is 16.1. The lowest BCUT2D eigenvalue weighted by Crippen LogP contribution is -2.34. The fraction of sp³-hybridized carbons (Fsp3) is 0.435. The lowest BCUT2D eigenvalue weighted by Gasteiger charge is -2.29. The fourth-order valence-electron chi connectivity index (χ4n) is 4.21. The number of hydrogen-bond donors (Lipinski definition) is 2. The molecule has 2 N–H and O–H groups in total. The van der Waals surface area contributed by atoms with Gasteiger partial charge in [0.1, 0.15) is 10.7 Å². The average molecular weight is 522 g/mol. The highest BCUT2D eigenvalue weighted by atomic mass is 35.5. The molecule has 1 aromatic carbocycles. The van der Waals surface area contributed by atoms with Crippen molar-refractivity contribution in [2.24, 2.45) is 5.92 Å². The highest BCUT2D eigenvalue weighted by Crippen LogP contribution is 2.32. The Kier molecular flexibility index (Phi) is 7.30. The van der Waals surface area contributed by atoms with Crippen LogP contribution in [0.3, 0.4) is 0 Å². The molecular weight excluding hydrogens is 494 g/mol. The van der Waals surface area contributed by atoms with Gasteiger partial charge >= 0.3 is 0 Å². The van der Waals surface area contributed by atoms with Crippen LogP contribution in [0.15, 0.2) is 34.5 Å². The van der Waals surface area contributed by atoms with E-state index in [0.29, 0.717) is 18.4 Å². The Morgan fingerprint density at radius 1 is 1.18 bits per heavy atom. The van der Waals surface area contributed by atoms with Crippen LogP contribution in [-0.2, 0) is 9.84 Å². The maximum atomic E-state index is 12.5. The van der Waals surface area contributed by atoms with Crippen molar-refractivity contribution in [3.63, 3.8) is 0 Å². The molecule has 4 rings (SSSR count). The van der Waals surface area contributed by atoms with Gasteiger partial charge in [-0.3, -0.25) is 4.79 Å². The van der Waals surface area contributed by atoms with E-state index in [9.17, 15) is 13.2 Å². The molecule has 2 heterocycles. The molecule has 0 saturated heterocycles. The standard InChI is InChI=1S/C23H28ClN5O3S2/c1-29(2)21-16-6-4-5-7-17(16)27-23(28-21)26-15-10-8-14(9-11-15)12-25-22(30)20-19(24)18(13-33-20)34(3,31)32/h4-7,13-15H,8-12H2,1-3H3,(H,25,30)(H,26,27,28)/t14-,15+. The van der Waals surface area contributed by atoms with Gasteiger partial charge in [-0.25, -0.2) is 13.4 Å². The summed E-state index contributed by atoms with van der Waals surface area (Å²) in [6.07, 6.45) is 4.90. The third-order valence-electron chi connectivity index (χ3n) is 6.04. The molecule has 3 aromatic rings. The molecule has 2 aromatic heterocycles. The molecule has 0 atom stereocenters. The molecular formula is C23H28ClN5O3S2. The van der Waals surface area contributed by atoms with E-state index >= 15 is 0 Å². The summed E-state index contributed by atoms with van der Waals surface area (Å²) in [7, 11) is 0.496. The zero-order valence-electron chi connectivity index (χ0n) is 19.3. The third-order valence-corrected chi connectivity index (χ3v) is 8.91. The predicted molar refractivity (Wildman–Crippen MR) is 138 cm³/mol. The monoisotopic (exact) mass is 521 g/mol. The second-order valence-corrected chi connectivity index (χ2v) is 12.1. The molecule has 1 amide bonds. The van der Waals surface area contributed by atoms with E-state index in [2.05, 4.69) is 10.6 Å². The second kappa shape index (κ2) is 10.1. The van der Waals surface area contributed by atoms with Crippen molar-refractivity contribution in [3.05, 3.63) is 39.5 Å². The highest BCUT2D eigenvalue weighted by molar-refractivity contribution is 7.91. The first-order valence-electron chi connectivity index (χ1n) is 11.1. The van der Waals surface area contributed by atoms with Gasteiger partial charge in [0.2, 0.25) is 5.95 Å². The Bertz CT molecular complexity index is 1300. The minimum atomic E-state index is -3.45. The van der Waals surface area contributed by atoms with Crippen molar-refractivity contribution in [1.82, 2.24) is 15.3 Å². The molecule has 0 bridgehead atoms. The van der Waals surface area contributed by atoms with Crippen LogP contribution in [0.25, 0.3) is 10.9 Å². The maximum Gasteiger partial charge on any atom is 0.262 e. The first-order valence-corrected chi connectivity index (χ1v) is 14.2. The number of thiophene rings is 1. The Morgan fingerprint density at radius 3 is 2.53 bits per heavy atom. The van der Waals surface area contributed by atoms with Gasteiger partial charge < -0.3 is 15.5 Å². The number of nitrogens with zero attached hydrogens (tertiary/aromatic N) is 3. The SMILES string of the molecule is CN(C)c1nc(N[C@H]2CC[C@@H](CNC(=O)c3scc(S(C)(=O)=O)c3Cl)CC2)nc2ccccc12. The molecule has 11 heteroatoms. The number of aromatic nitrogens is 2. The number of fused-ring (bicyclic) bond motifs is 1. The molecule has 0 aliphatic heterocycles. The quantitative estimate of drug-likeness (QED) is 0.479. The van der Waals surface area contributed by atoms with Crippen LogP contribution >= 0.6 is 22.9 Å². The zero-order chi connectivity index (χ0) is 24.5. The van der Waals surface area contributed by atoms with E-state index in [1.165, 1.54) is 5.38 Å². The van der Waals surface area contributed by atoms with Gasteiger partial charge in [-0.1, -0.05) is 23.7 Å². The van der Waals surface area contributed by atoms with E-state index in [1.807, 2.05) is 43.3 Å². The van der Waals surface area contributed by atoms with Crippen LogP contribution in [0.1, 0.15) is 35.4 Å². The van der Waals surface area contributed by atoms with Gasteiger partial charge in [-0.05, 0) is 43.7 Å². The van der Waals surface area contributed by atoms with Crippen molar-refractivity contribution in [3.8, 4) is 0 Å². The third kappa shape index (κ3) is 5.45. The second-order valence-electron chi connectivity index (χ2n) is 8.87. The number of sulfone groups is 1. The van der Waals surface area contributed by atoms with Gasteiger partial charge in [-0.2, -0.15) is 4.98 Å². The minimum absolute atomic E-state index is 0.00392. The largest absolute Gasteiger partial charge is 0.362 e. The van der Waals surface area contributed by atoms with Crippen LogP contribution in [0.2, 0.25) is 5.02 Å². The smallest absolute Gasteiger partial charge is 0.262 e. The van der Waals surface area contributed by atoms with Crippen molar-refractivity contribution in [1.29, 1.82) is 0 Å². The number of amides is 1. The van der Waals surface area contributed by atoms with E-state index in [0.717, 1.165) is 60.0 Å². The number of anilines is 2. The molecule has 0 radical (unpaired) electrons. The molecule has 34 heavy (non-hydrogen) atoms. The minimum Gasteiger partial charge on any atom is -0.362 e. The number of halogens is 1.